The van der Waals surface area contributed by atoms with Crippen LogP contribution in [0.2, 0.25) is 0 Å². The highest BCUT2D eigenvalue weighted by atomic mass is 32.1. The molecule has 0 aliphatic rings. The van der Waals surface area contributed by atoms with Gasteiger partial charge in [-0.3, -0.25) is 4.79 Å². The molecule has 0 aliphatic heterocycles. The molecular weight excluding hydrogens is 292 g/mol. The van der Waals surface area contributed by atoms with Crippen LogP contribution in [0.25, 0.3) is 10.8 Å². The van der Waals surface area contributed by atoms with E-state index in [-0.39, 0.29) is 18.1 Å². The van der Waals surface area contributed by atoms with E-state index in [1.165, 1.54) is 17.6 Å². The fourth-order valence-corrected chi connectivity index (χ4v) is 2.52. The Bertz CT molecular complexity index is 703. The van der Waals surface area contributed by atoms with Gasteiger partial charge in [0.1, 0.15) is 17.6 Å². The fraction of sp³-hybridized carbons (Fsp3) is 0.143. The quantitative estimate of drug-likeness (QED) is 0.756. The molecule has 2 N–H and O–H groups in total. The number of aliphatic hydroxyl groups is 1. The largest absolute Gasteiger partial charge is 0.467 e. The normalized spacial score (nSPS) is 12.2. The second-order valence-corrected chi connectivity index (χ2v) is 5.11. The van der Waals surface area contributed by atoms with Gasteiger partial charge in [0, 0.05) is 5.38 Å². The van der Waals surface area contributed by atoms with E-state index in [0.717, 1.165) is 0 Å². The molecule has 21 heavy (non-hydrogen) atoms. The van der Waals surface area contributed by atoms with E-state index in [9.17, 15) is 9.90 Å². The number of carbonyl (C=O) groups is 1. The maximum Gasteiger partial charge on any atom is 0.270 e. The minimum Gasteiger partial charge on any atom is -0.467 e. The van der Waals surface area contributed by atoms with Gasteiger partial charge in [-0.15, -0.1) is 11.3 Å². The summed E-state index contributed by atoms with van der Waals surface area (Å²) < 4.78 is 10.3. The molecule has 3 aromatic heterocycles. The van der Waals surface area contributed by atoms with Gasteiger partial charge in [0.2, 0.25) is 0 Å². The van der Waals surface area contributed by atoms with Crippen LogP contribution in [-0.2, 0) is 0 Å². The number of rotatable bonds is 5. The van der Waals surface area contributed by atoms with Crippen LogP contribution < -0.4 is 5.32 Å². The number of hydrogen-bond acceptors (Lipinski definition) is 6. The molecular formula is C14H12N2O4S. The zero-order chi connectivity index (χ0) is 14.7. The smallest absolute Gasteiger partial charge is 0.270 e. The fourth-order valence-electron chi connectivity index (χ4n) is 1.75. The van der Waals surface area contributed by atoms with Crippen molar-refractivity contribution in [3.8, 4) is 10.8 Å². The Morgan fingerprint density at radius 1 is 1.33 bits per heavy atom. The Hall–Kier alpha value is -2.38. The first-order chi connectivity index (χ1) is 10.2. The van der Waals surface area contributed by atoms with Crippen LogP contribution in [0.5, 0.6) is 0 Å². The zero-order valence-corrected chi connectivity index (χ0v) is 11.7. The molecule has 6 nitrogen and oxygen atoms in total. The van der Waals surface area contributed by atoms with Crippen molar-refractivity contribution in [2.45, 2.75) is 6.10 Å². The highest BCUT2D eigenvalue weighted by Crippen LogP contribution is 2.23. The Kier molecular flexibility index (Phi) is 3.85. The van der Waals surface area contributed by atoms with Gasteiger partial charge in [0.25, 0.3) is 5.91 Å². The third-order valence-corrected chi connectivity index (χ3v) is 3.65. The van der Waals surface area contributed by atoms with Gasteiger partial charge >= 0.3 is 0 Å². The summed E-state index contributed by atoms with van der Waals surface area (Å²) in [5, 5.41) is 14.7. The molecule has 0 spiro atoms. The first-order valence-electron chi connectivity index (χ1n) is 6.23. The minimum atomic E-state index is -0.882. The lowest BCUT2D eigenvalue weighted by molar-refractivity contribution is 0.0897. The van der Waals surface area contributed by atoms with Crippen molar-refractivity contribution in [2.24, 2.45) is 0 Å². The maximum absolute atomic E-state index is 12.0. The highest BCUT2D eigenvalue weighted by Gasteiger charge is 2.16. The van der Waals surface area contributed by atoms with Crippen molar-refractivity contribution in [1.29, 1.82) is 0 Å². The molecule has 108 valence electrons. The van der Waals surface area contributed by atoms with Gasteiger partial charge in [0.05, 0.1) is 19.1 Å². The Balaban J connectivity index is 1.61. The highest BCUT2D eigenvalue weighted by molar-refractivity contribution is 7.13. The minimum absolute atomic E-state index is 0.0555. The van der Waals surface area contributed by atoms with Crippen molar-refractivity contribution in [3.63, 3.8) is 0 Å². The van der Waals surface area contributed by atoms with Gasteiger partial charge in [-0.2, -0.15) is 0 Å². The number of furan rings is 2. The van der Waals surface area contributed by atoms with Crippen molar-refractivity contribution in [2.75, 3.05) is 6.54 Å². The van der Waals surface area contributed by atoms with E-state index in [1.807, 2.05) is 0 Å². The van der Waals surface area contributed by atoms with Gasteiger partial charge < -0.3 is 19.3 Å². The number of carbonyl (C=O) groups excluding carboxylic acids is 1. The molecule has 0 aliphatic carbocycles. The Morgan fingerprint density at radius 3 is 2.86 bits per heavy atom. The molecule has 1 amide bonds. The van der Waals surface area contributed by atoms with Gasteiger partial charge in [0.15, 0.2) is 10.8 Å². The summed E-state index contributed by atoms with van der Waals surface area (Å²) in [6.07, 6.45) is 2.14. The molecule has 1 atom stereocenters. The second-order valence-electron chi connectivity index (χ2n) is 4.26. The molecule has 0 bridgehead atoms. The lowest BCUT2D eigenvalue weighted by Crippen LogP contribution is -2.28. The lowest BCUT2D eigenvalue weighted by Gasteiger charge is -2.08. The van der Waals surface area contributed by atoms with Crippen LogP contribution in [0.15, 0.2) is 51.0 Å². The van der Waals surface area contributed by atoms with Gasteiger partial charge in [-0.05, 0) is 24.3 Å². The van der Waals surface area contributed by atoms with E-state index >= 15 is 0 Å². The molecule has 1 unspecified atom stereocenters. The van der Waals surface area contributed by atoms with Gasteiger partial charge in [-0.25, -0.2) is 4.98 Å². The number of aliphatic hydroxyl groups excluding tert-OH is 1. The molecule has 0 saturated heterocycles. The van der Waals surface area contributed by atoms with Crippen LogP contribution in [0, 0.1) is 0 Å². The van der Waals surface area contributed by atoms with Crippen LogP contribution in [-0.4, -0.2) is 22.5 Å². The van der Waals surface area contributed by atoms with Crippen LogP contribution in [0.4, 0.5) is 0 Å². The summed E-state index contributed by atoms with van der Waals surface area (Å²) >= 11 is 1.32. The number of hydrogen-bond donors (Lipinski definition) is 2. The summed E-state index contributed by atoms with van der Waals surface area (Å²) in [4.78, 5) is 16.2. The summed E-state index contributed by atoms with van der Waals surface area (Å²) in [7, 11) is 0. The van der Waals surface area contributed by atoms with Crippen LogP contribution in [0.1, 0.15) is 22.4 Å². The molecule has 0 saturated carbocycles. The van der Waals surface area contributed by atoms with Crippen molar-refractivity contribution < 1.29 is 18.7 Å². The molecule has 7 heteroatoms. The third-order valence-electron chi connectivity index (χ3n) is 2.80. The monoisotopic (exact) mass is 304 g/mol. The Labute approximate surface area is 124 Å². The summed E-state index contributed by atoms with van der Waals surface area (Å²) in [5.74, 6) is 0.675. The molecule has 0 aromatic carbocycles. The predicted octanol–water partition coefficient (Wildman–Crippen LogP) is 2.46. The van der Waals surface area contributed by atoms with Gasteiger partial charge in [-0.1, -0.05) is 0 Å². The SMILES string of the molecule is O=C(NCC(O)c1ccco1)c1csc(-c2ccco2)n1. The summed E-state index contributed by atoms with van der Waals surface area (Å²) in [6.45, 7) is 0.0555. The average molecular weight is 304 g/mol. The van der Waals surface area contributed by atoms with Crippen LogP contribution in [0.3, 0.4) is 0 Å². The second kappa shape index (κ2) is 5.94. The molecule has 0 radical (unpaired) electrons. The number of amides is 1. The molecule has 3 heterocycles. The van der Waals surface area contributed by atoms with Crippen molar-refractivity contribution >= 4 is 17.2 Å². The first kappa shape index (κ1) is 13.6. The van der Waals surface area contributed by atoms with Crippen LogP contribution >= 0.6 is 11.3 Å². The average Bonchev–Trinajstić information content (AvgIpc) is 3.25. The zero-order valence-electron chi connectivity index (χ0n) is 10.9. The number of nitrogens with zero attached hydrogens (tertiary/aromatic N) is 1. The third kappa shape index (κ3) is 3.04. The van der Waals surface area contributed by atoms with E-state index in [1.54, 1.807) is 35.9 Å². The Morgan fingerprint density at radius 2 is 2.14 bits per heavy atom. The van der Waals surface area contributed by atoms with E-state index in [0.29, 0.717) is 16.5 Å². The van der Waals surface area contributed by atoms with Crippen molar-refractivity contribution in [1.82, 2.24) is 10.3 Å². The molecule has 3 rings (SSSR count). The first-order valence-corrected chi connectivity index (χ1v) is 7.11. The predicted molar refractivity (Wildman–Crippen MR) is 75.8 cm³/mol. The lowest BCUT2D eigenvalue weighted by atomic mass is 10.2. The number of thiazole rings is 1. The van der Waals surface area contributed by atoms with E-state index in [2.05, 4.69) is 10.3 Å². The van der Waals surface area contributed by atoms with Crippen molar-refractivity contribution in [3.05, 3.63) is 53.6 Å². The molecule has 0 fully saturated rings. The number of nitrogens with one attached hydrogen (secondary N) is 1. The summed E-state index contributed by atoms with van der Waals surface area (Å²) in [5.41, 5.74) is 0.290. The van der Waals surface area contributed by atoms with E-state index in [4.69, 9.17) is 8.83 Å². The number of aromatic nitrogens is 1. The topological polar surface area (TPSA) is 88.5 Å². The maximum atomic E-state index is 12.0. The molecule has 3 aromatic rings. The van der Waals surface area contributed by atoms with E-state index < -0.39 is 6.10 Å². The summed E-state index contributed by atoms with van der Waals surface area (Å²) in [6, 6.07) is 6.86. The standard InChI is InChI=1S/C14H12N2O4S/c17-10(11-3-1-5-19-11)7-15-13(18)9-8-21-14(16-9)12-4-2-6-20-12/h1-6,8,10,17H,7H2,(H,15,18).